The molecular formula is C34H82N2S2Si2. The minimum Gasteiger partial charge on any atom is -0.795 e. The largest absolute Gasteiger partial charge is 0.795 e. The van der Waals surface area contributed by atoms with Crippen molar-refractivity contribution in [1.82, 2.24) is 0 Å². The van der Waals surface area contributed by atoms with Crippen LogP contribution in [0.15, 0.2) is 0 Å². The number of hydrogen-bond acceptors (Lipinski definition) is 2. The highest BCUT2D eigenvalue weighted by Crippen LogP contribution is 2.40. The summed E-state index contributed by atoms with van der Waals surface area (Å²) in [6.07, 6.45) is 0. The topological polar surface area (TPSA) is 0 Å². The van der Waals surface area contributed by atoms with E-state index in [2.05, 4.69) is 138 Å². The average molecular weight is 639 g/mol. The zero-order valence-electron chi connectivity index (χ0n) is 31.8. The highest BCUT2D eigenvalue weighted by Gasteiger charge is 2.29. The van der Waals surface area contributed by atoms with E-state index in [1.807, 2.05) is 0 Å². The first kappa shape index (κ1) is 48.0. The van der Waals surface area contributed by atoms with Crippen molar-refractivity contribution in [3.8, 4) is 0 Å². The molecule has 2 nitrogen and oxygen atoms in total. The Bertz CT molecular complexity index is 442. The lowest BCUT2D eigenvalue weighted by atomic mass is 10.3. The molecule has 0 radical (unpaired) electrons. The number of hydrogen-bond donors (Lipinski definition) is 0. The standard InChI is InChI=1S/2C9H21SSi.2C8H20N/c2*1-7(2)11(10,8(3)4)9(5)6;2*1-5-9(6-2,7-3)8-4/h2*7-9H,1-6H3;2*5-8H2,1-4H3/q2*-1;2*+1. The fourth-order valence-corrected chi connectivity index (χ4v) is 14.7. The van der Waals surface area contributed by atoms with Crippen molar-refractivity contribution in [2.24, 2.45) is 0 Å². The van der Waals surface area contributed by atoms with Gasteiger partial charge in [0.05, 0.1) is 52.4 Å². The van der Waals surface area contributed by atoms with E-state index < -0.39 is 14.4 Å². The molecule has 0 rings (SSSR count). The van der Waals surface area contributed by atoms with Gasteiger partial charge in [-0.25, -0.2) is 0 Å². The molecule has 0 aliphatic rings. The Morgan fingerprint density at radius 2 is 0.425 bits per heavy atom. The predicted molar refractivity (Wildman–Crippen MR) is 202 cm³/mol. The Hall–Kier alpha value is 1.05. The third-order valence-electron chi connectivity index (χ3n) is 10.8. The molecule has 0 aliphatic carbocycles. The molecular weight excluding hydrogens is 557 g/mol. The fourth-order valence-electron chi connectivity index (χ4n) is 6.68. The molecule has 0 aromatic carbocycles. The molecule has 40 heavy (non-hydrogen) atoms. The van der Waals surface area contributed by atoms with Crippen LogP contribution in [0.1, 0.15) is 138 Å². The van der Waals surface area contributed by atoms with E-state index in [0.717, 1.165) is 33.2 Å². The lowest BCUT2D eigenvalue weighted by Gasteiger charge is -2.51. The molecule has 0 aromatic heterocycles. The van der Waals surface area contributed by atoms with E-state index in [4.69, 9.17) is 24.2 Å². The van der Waals surface area contributed by atoms with Gasteiger partial charge in [-0.3, -0.25) is 0 Å². The van der Waals surface area contributed by atoms with Crippen LogP contribution in [-0.2, 0) is 24.2 Å². The predicted octanol–water partition coefficient (Wildman–Crippen LogP) is 11.2. The summed E-state index contributed by atoms with van der Waals surface area (Å²) in [5.74, 6) is 0. The summed E-state index contributed by atoms with van der Waals surface area (Å²) in [6.45, 7) is 55.9. The van der Waals surface area contributed by atoms with Crippen LogP contribution in [-0.4, -0.2) is 75.8 Å². The summed E-state index contributed by atoms with van der Waals surface area (Å²) in [5, 5.41) is 0. The lowest BCUT2D eigenvalue weighted by molar-refractivity contribution is -0.921. The quantitative estimate of drug-likeness (QED) is 0.105. The second-order valence-electron chi connectivity index (χ2n) is 13.8. The summed E-state index contributed by atoms with van der Waals surface area (Å²) in [6, 6.07) is 0. The Morgan fingerprint density at radius 1 is 0.325 bits per heavy atom. The minimum atomic E-state index is -1.40. The van der Waals surface area contributed by atoms with Crippen molar-refractivity contribution in [3.05, 3.63) is 0 Å². The summed E-state index contributed by atoms with van der Waals surface area (Å²) in [5.41, 5.74) is 4.40. The van der Waals surface area contributed by atoms with Crippen LogP contribution in [0.5, 0.6) is 0 Å². The summed E-state index contributed by atoms with van der Waals surface area (Å²) in [4.78, 5) is 0. The van der Waals surface area contributed by atoms with E-state index in [-0.39, 0.29) is 0 Å². The van der Waals surface area contributed by atoms with Gasteiger partial charge in [0.15, 0.2) is 0 Å². The van der Waals surface area contributed by atoms with E-state index in [1.165, 1.54) is 61.3 Å². The van der Waals surface area contributed by atoms with Crippen molar-refractivity contribution in [2.45, 2.75) is 172 Å². The van der Waals surface area contributed by atoms with E-state index in [9.17, 15) is 0 Å². The molecule has 0 aromatic rings. The number of nitrogens with zero attached hydrogens (tertiary/aromatic N) is 2. The van der Waals surface area contributed by atoms with Gasteiger partial charge in [0.2, 0.25) is 0 Å². The molecule has 0 amide bonds. The van der Waals surface area contributed by atoms with Gasteiger partial charge in [-0.2, -0.15) is 0 Å². The maximum atomic E-state index is 5.81. The molecule has 0 saturated carbocycles. The summed E-state index contributed by atoms with van der Waals surface area (Å²) >= 11 is 11.6. The molecule has 0 bridgehead atoms. The van der Waals surface area contributed by atoms with E-state index in [0.29, 0.717) is 0 Å². The van der Waals surface area contributed by atoms with Gasteiger partial charge in [0, 0.05) is 0 Å². The van der Waals surface area contributed by atoms with Crippen LogP contribution in [0.4, 0.5) is 0 Å². The summed E-state index contributed by atoms with van der Waals surface area (Å²) in [7, 11) is -2.80. The summed E-state index contributed by atoms with van der Waals surface area (Å²) < 4.78 is 2.56. The zero-order chi connectivity index (χ0) is 33.1. The smallest absolute Gasteiger partial charge is 0.0757 e. The maximum Gasteiger partial charge on any atom is 0.0757 e. The molecule has 0 unspecified atom stereocenters. The number of rotatable bonds is 14. The second-order valence-corrected chi connectivity index (χ2v) is 28.4. The molecule has 0 N–H and O–H groups in total. The molecule has 6 heteroatoms. The van der Waals surface area contributed by atoms with Gasteiger partial charge < -0.3 is 33.1 Å². The first-order chi connectivity index (χ1) is 18.1. The van der Waals surface area contributed by atoms with Gasteiger partial charge in [0.25, 0.3) is 0 Å². The van der Waals surface area contributed by atoms with E-state index in [1.54, 1.807) is 0 Å². The Balaban J connectivity index is -0.000000217. The second kappa shape index (κ2) is 23.4. The fraction of sp³-hybridized carbons (Fsp3) is 1.00. The first-order valence-electron chi connectivity index (χ1n) is 17.3. The Kier molecular flexibility index (Phi) is 28.1. The highest BCUT2D eigenvalue weighted by molar-refractivity contribution is 7.99. The lowest BCUT2D eigenvalue weighted by Crippen LogP contribution is -2.47. The average Bonchev–Trinajstić information content (AvgIpc) is 2.91. The van der Waals surface area contributed by atoms with Crippen molar-refractivity contribution < 1.29 is 8.97 Å². The molecule has 0 atom stereocenters. The number of quaternary nitrogens is 2. The molecule has 0 heterocycles. The molecule has 0 fully saturated rings. The molecule has 0 saturated heterocycles. The van der Waals surface area contributed by atoms with Gasteiger partial charge in [-0.1, -0.05) is 131 Å². The monoisotopic (exact) mass is 639 g/mol. The maximum absolute atomic E-state index is 5.81. The van der Waals surface area contributed by atoms with Crippen molar-refractivity contribution in [2.75, 3.05) is 52.4 Å². The van der Waals surface area contributed by atoms with Gasteiger partial charge in [-0.15, -0.1) is 0 Å². The molecule has 0 spiro atoms. The third kappa shape index (κ3) is 15.2. The van der Waals surface area contributed by atoms with Crippen molar-refractivity contribution in [1.29, 1.82) is 0 Å². The van der Waals surface area contributed by atoms with Crippen molar-refractivity contribution in [3.63, 3.8) is 0 Å². The van der Waals surface area contributed by atoms with Gasteiger partial charge >= 0.3 is 0 Å². The minimum absolute atomic E-state index is 0.734. The SMILES string of the molecule is CC(C)[Si]([S-])(C(C)C)C(C)C.CC(C)[Si]([S-])(C(C)C)C(C)C.CC[N+](CC)(CC)CC.CC[N+](CC)(CC)CC. The molecule has 248 valence electrons. The van der Waals surface area contributed by atoms with Crippen molar-refractivity contribution >= 4 is 38.6 Å². The van der Waals surface area contributed by atoms with Crippen LogP contribution in [0, 0.1) is 0 Å². The van der Waals surface area contributed by atoms with Crippen LogP contribution < -0.4 is 0 Å². The van der Waals surface area contributed by atoms with Gasteiger partial charge in [-0.05, 0) is 55.4 Å². The van der Waals surface area contributed by atoms with Crippen LogP contribution in [0.3, 0.4) is 0 Å². The van der Waals surface area contributed by atoms with Gasteiger partial charge in [0.1, 0.15) is 0 Å². The first-order valence-corrected chi connectivity index (χ1v) is 24.0. The highest BCUT2D eigenvalue weighted by atomic mass is 32.3. The van der Waals surface area contributed by atoms with Crippen LogP contribution >= 0.6 is 0 Å². The third-order valence-corrected chi connectivity index (χ3v) is 30.1. The zero-order valence-corrected chi connectivity index (χ0v) is 35.5. The Labute approximate surface area is 270 Å². The molecule has 0 aliphatic heterocycles. The van der Waals surface area contributed by atoms with E-state index >= 15 is 0 Å². The van der Waals surface area contributed by atoms with Crippen LogP contribution in [0.2, 0.25) is 33.2 Å². The normalized spacial score (nSPS) is 12.9. The Morgan fingerprint density at radius 3 is 0.425 bits per heavy atom. The van der Waals surface area contributed by atoms with Crippen LogP contribution in [0.25, 0.3) is 0 Å².